The Labute approximate surface area is 202 Å². The number of Topliss-reactive ketones (excluding diaryl/α,β-unsaturated/α-hetero) is 1. The third kappa shape index (κ3) is 5.89. The highest BCUT2D eigenvalue weighted by Crippen LogP contribution is 2.29. The fraction of sp³-hybridized carbons (Fsp3) is 0.167. The number of aromatic nitrogens is 4. The van der Waals surface area contributed by atoms with Gasteiger partial charge in [0.25, 0.3) is 0 Å². The van der Waals surface area contributed by atoms with Crippen LogP contribution in [0.15, 0.2) is 84.3 Å². The third-order valence-electron chi connectivity index (χ3n) is 4.94. The molecular weight excluding hydrogens is 470 g/mol. The third-order valence-corrected chi connectivity index (χ3v) is 6.63. The minimum atomic E-state index is -3.38. The van der Waals surface area contributed by atoms with E-state index in [1.54, 1.807) is 36.7 Å². The standard InChI is InChI=1S/C24H23N5O3S2/c1-17(22(30)19-10-12-21(13-11-19)28-34(2,31)32)33-24-27-26-23(20-9-6-14-25-15-20)29(24)16-18-7-4-3-5-8-18/h3-15,17,28H,16H2,1-2H3. The predicted octanol–water partition coefficient (Wildman–Crippen LogP) is 4.12. The van der Waals surface area contributed by atoms with Gasteiger partial charge in [-0.25, -0.2) is 8.42 Å². The van der Waals surface area contributed by atoms with Crippen LogP contribution in [0.1, 0.15) is 22.8 Å². The molecule has 2 heterocycles. The Kier molecular flexibility index (Phi) is 7.09. The first-order valence-corrected chi connectivity index (χ1v) is 13.2. The second-order valence-electron chi connectivity index (χ2n) is 7.70. The van der Waals surface area contributed by atoms with Crippen molar-refractivity contribution in [2.45, 2.75) is 23.9 Å². The number of carbonyl (C=O) groups excluding carboxylic acids is 1. The summed E-state index contributed by atoms with van der Waals surface area (Å²) in [5.41, 5.74) is 2.82. The predicted molar refractivity (Wildman–Crippen MR) is 133 cm³/mol. The molecule has 0 amide bonds. The lowest BCUT2D eigenvalue weighted by molar-refractivity contribution is 0.0994. The van der Waals surface area contributed by atoms with E-state index in [-0.39, 0.29) is 5.78 Å². The molecule has 0 aliphatic heterocycles. The molecule has 174 valence electrons. The van der Waals surface area contributed by atoms with Gasteiger partial charge in [-0.15, -0.1) is 10.2 Å². The molecular formula is C24H23N5O3S2. The molecule has 4 rings (SSSR count). The van der Waals surface area contributed by atoms with Crippen LogP contribution in [0.4, 0.5) is 5.69 Å². The number of anilines is 1. The van der Waals surface area contributed by atoms with Crippen molar-refractivity contribution < 1.29 is 13.2 Å². The number of nitrogens with one attached hydrogen (secondary N) is 1. The minimum absolute atomic E-state index is 0.0897. The fourth-order valence-corrected chi connectivity index (χ4v) is 4.85. The van der Waals surface area contributed by atoms with E-state index in [0.717, 1.165) is 17.4 Å². The van der Waals surface area contributed by atoms with Crippen molar-refractivity contribution in [2.24, 2.45) is 0 Å². The highest BCUT2D eigenvalue weighted by Gasteiger charge is 2.22. The van der Waals surface area contributed by atoms with Crippen molar-refractivity contribution in [2.75, 3.05) is 11.0 Å². The lowest BCUT2D eigenvalue weighted by atomic mass is 10.1. The summed E-state index contributed by atoms with van der Waals surface area (Å²) >= 11 is 1.33. The van der Waals surface area contributed by atoms with E-state index < -0.39 is 15.3 Å². The van der Waals surface area contributed by atoms with Crippen molar-refractivity contribution in [1.29, 1.82) is 0 Å². The van der Waals surface area contributed by atoms with Crippen molar-refractivity contribution in [3.8, 4) is 11.4 Å². The molecule has 0 spiro atoms. The second-order valence-corrected chi connectivity index (χ2v) is 10.8. The maximum absolute atomic E-state index is 13.1. The largest absolute Gasteiger partial charge is 0.297 e. The van der Waals surface area contributed by atoms with Crippen LogP contribution in [0, 0.1) is 0 Å². The maximum Gasteiger partial charge on any atom is 0.229 e. The summed E-state index contributed by atoms with van der Waals surface area (Å²) in [6, 6.07) is 20.1. The highest BCUT2D eigenvalue weighted by atomic mass is 32.2. The molecule has 10 heteroatoms. The summed E-state index contributed by atoms with van der Waals surface area (Å²) in [6.07, 6.45) is 4.52. The van der Waals surface area contributed by atoms with Gasteiger partial charge < -0.3 is 0 Å². The summed E-state index contributed by atoms with van der Waals surface area (Å²) in [7, 11) is -3.38. The number of hydrogen-bond donors (Lipinski definition) is 1. The zero-order valence-corrected chi connectivity index (χ0v) is 20.3. The molecule has 2 aromatic carbocycles. The van der Waals surface area contributed by atoms with Gasteiger partial charge >= 0.3 is 0 Å². The number of sulfonamides is 1. The van der Waals surface area contributed by atoms with Gasteiger partial charge in [-0.05, 0) is 48.9 Å². The van der Waals surface area contributed by atoms with Crippen molar-refractivity contribution in [3.63, 3.8) is 0 Å². The first-order chi connectivity index (χ1) is 16.3. The van der Waals surface area contributed by atoms with Gasteiger partial charge in [0.1, 0.15) is 0 Å². The Bertz CT molecular complexity index is 1370. The summed E-state index contributed by atoms with van der Waals surface area (Å²) in [5.74, 6) is 0.586. The van der Waals surface area contributed by atoms with Gasteiger partial charge in [-0.3, -0.25) is 19.1 Å². The molecule has 0 aliphatic rings. The number of rotatable bonds is 9. The number of hydrogen-bond acceptors (Lipinski definition) is 7. The number of benzene rings is 2. The van der Waals surface area contributed by atoms with Crippen LogP contribution in [-0.4, -0.2) is 45.5 Å². The van der Waals surface area contributed by atoms with E-state index in [2.05, 4.69) is 19.9 Å². The van der Waals surface area contributed by atoms with Crippen LogP contribution < -0.4 is 4.72 Å². The van der Waals surface area contributed by atoms with Gasteiger partial charge in [0, 0.05) is 29.2 Å². The number of ketones is 1. The Morgan fingerprint density at radius 2 is 1.76 bits per heavy atom. The van der Waals surface area contributed by atoms with Gasteiger partial charge in [-0.1, -0.05) is 42.1 Å². The molecule has 0 bridgehead atoms. The van der Waals surface area contributed by atoms with Crippen molar-refractivity contribution in [3.05, 3.63) is 90.3 Å². The Hall–Kier alpha value is -3.50. The molecule has 2 aromatic heterocycles. The summed E-state index contributed by atoms with van der Waals surface area (Å²) in [4.78, 5) is 17.3. The van der Waals surface area contributed by atoms with Crippen molar-refractivity contribution >= 4 is 33.3 Å². The van der Waals surface area contributed by atoms with Crippen LogP contribution in [-0.2, 0) is 16.6 Å². The van der Waals surface area contributed by atoms with Crippen LogP contribution in [0.2, 0.25) is 0 Å². The number of pyridine rings is 1. The fourth-order valence-electron chi connectivity index (χ4n) is 3.36. The van der Waals surface area contributed by atoms with Gasteiger partial charge in [0.15, 0.2) is 16.8 Å². The number of carbonyl (C=O) groups is 1. The first-order valence-electron chi connectivity index (χ1n) is 10.5. The van der Waals surface area contributed by atoms with Crippen LogP contribution in [0.5, 0.6) is 0 Å². The lowest BCUT2D eigenvalue weighted by Crippen LogP contribution is -2.15. The van der Waals surface area contributed by atoms with Crippen LogP contribution in [0.3, 0.4) is 0 Å². The van der Waals surface area contributed by atoms with Crippen LogP contribution >= 0.6 is 11.8 Å². The maximum atomic E-state index is 13.1. The smallest absolute Gasteiger partial charge is 0.229 e. The zero-order valence-electron chi connectivity index (χ0n) is 18.6. The van der Waals surface area contributed by atoms with E-state index in [9.17, 15) is 13.2 Å². The molecule has 1 atom stereocenters. The monoisotopic (exact) mass is 493 g/mol. The molecule has 8 nitrogen and oxygen atoms in total. The molecule has 34 heavy (non-hydrogen) atoms. The van der Waals surface area contributed by atoms with E-state index in [0.29, 0.717) is 28.8 Å². The molecule has 0 saturated heterocycles. The van der Waals surface area contributed by atoms with Crippen molar-refractivity contribution in [1.82, 2.24) is 19.7 Å². The topological polar surface area (TPSA) is 107 Å². The molecule has 0 radical (unpaired) electrons. The zero-order chi connectivity index (χ0) is 24.1. The van der Waals surface area contributed by atoms with Gasteiger partial charge in [0.2, 0.25) is 10.0 Å². The first kappa shape index (κ1) is 23.7. The normalized spacial score (nSPS) is 12.3. The molecule has 4 aromatic rings. The SMILES string of the molecule is CC(Sc1nnc(-c2cccnc2)n1Cc1ccccc1)C(=O)c1ccc(NS(C)(=O)=O)cc1. The quantitative estimate of drug-likeness (QED) is 0.276. The van der Waals surface area contributed by atoms with E-state index in [4.69, 9.17) is 0 Å². The van der Waals surface area contributed by atoms with Crippen LogP contribution in [0.25, 0.3) is 11.4 Å². The minimum Gasteiger partial charge on any atom is -0.297 e. The molecule has 1 unspecified atom stereocenters. The number of nitrogens with zero attached hydrogens (tertiary/aromatic N) is 4. The Morgan fingerprint density at radius 3 is 2.41 bits per heavy atom. The average Bonchev–Trinajstić information content (AvgIpc) is 3.21. The lowest BCUT2D eigenvalue weighted by Gasteiger charge is -2.13. The van der Waals surface area contributed by atoms with E-state index in [1.165, 1.54) is 11.8 Å². The molecule has 0 aliphatic carbocycles. The Morgan fingerprint density at radius 1 is 1.03 bits per heavy atom. The molecule has 0 saturated carbocycles. The Balaban J connectivity index is 1.58. The van der Waals surface area contributed by atoms with E-state index >= 15 is 0 Å². The molecule has 1 N–H and O–H groups in total. The summed E-state index contributed by atoms with van der Waals surface area (Å²) in [5, 5.41) is 8.96. The summed E-state index contributed by atoms with van der Waals surface area (Å²) in [6.45, 7) is 2.37. The average molecular weight is 494 g/mol. The van der Waals surface area contributed by atoms with Gasteiger partial charge in [-0.2, -0.15) is 0 Å². The second kappa shape index (κ2) is 10.2. The molecule has 0 fully saturated rings. The van der Waals surface area contributed by atoms with E-state index in [1.807, 2.05) is 54.0 Å². The van der Waals surface area contributed by atoms with Gasteiger partial charge in [0.05, 0.1) is 18.1 Å². The summed E-state index contributed by atoms with van der Waals surface area (Å²) < 4.78 is 27.2. The number of thioether (sulfide) groups is 1. The highest BCUT2D eigenvalue weighted by molar-refractivity contribution is 8.00.